The molecule has 2 aromatic carbocycles. The summed E-state index contributed by atoms with van der Waals surface area (Å²) in [6, 6.07) is 13.0. The molecular formula is C27H25F6N5O4. The van der Waals surface area contributed by atoms with Gasteiger partial charge in [0, 0.05) is 35.8 Å². The first-order valence-electron chi connectivity index (χ1n) is 12.4. The Balaban J connectivity index is 2.06. The molecule has 3 atom stereocenters. The Morgan fingerprint density at radius 1 is 1.05 bits per heavy atom. The van der Waals surface area contributed by atoms with Gasteiger partial charge in [0.2, 0.25) is 18.0 Å². The van der Waals surface area contributed by atoms with Crippen molar-refractivity contribution in [1.29, 1.82) is 5.26 Å². The highest BCUT2D eigenvalue weighted by atomic mass is 19.4. The lowest BCUT2D eigenvalue weighted by molar-refractivity contribution is -0.152. The zero-order valence-electron chi connectivity index (χ0n) is 22.0. The van der Waals surface area contributed by atoms with Crippen LogP contribution >= 0.6 is 0 Å². The Labute approximate surface area is 235 Å². The third kappa shape index (κ3) is 7.99. The molecular weight excluding hydrogens is 572 g/mol. The Kier molecular flexibility index (Phi) is 9.82. The van der Waals surface area contributed by atoms with Gasteiger partial charge in [0.25, 0.3) is 5.91 Å². The van der Waals surface area contributed by atoms with Crippen LogP contribution in [0.15, 0.2) is 47.5 Å². The number of nitriles is 1. The number of amides is 3. The topological polar surface area (TPSA) is 147 Å². The van der Waals surface area contributed by atoms with Crippen molar-refractivity contribution in [2.45, 2.75) is 44.2 Å². The van der Waals surface area contributed by atoms with E-state index in [1.54, 1.807) is 30.3 Å². The first kappa shape index (κ1) is 31.9. The summed E-state index contributed by atoms with van der Waals surface area (Å²) in [4.78, 5) is 43.0. The van der Waals surface area contributed by atoms with Gasteiger partial charge in [0.1, 0.15) is 6.07 Å². The van der Waals surface area contributed by atoms with E-state index in [0.717, 1.165) is 0 Å². The zero-order chi connectivity index (χ0) is 31.2. The van der Waals surface area contributed by atoms with Gasteiger partial charge in [0.05, 0.1) is 24.1 Å². The van der Waals surface area contributed by atoms with E-state index in [1.807, 2.05) is 6.07 Å². The number of benzodiazepines with no additional fused rings is 1. The molecule has 4 N–H and O–H groups in total. The van der Waals surface area contributed by atoms with Crippen molar-refractivity contribution in [2.75, 3.05) is 12.4 Å². The molecule has 224 valence electrons. The monoisotopic (exact) mass is 597 g/mol. The van der Waals surface area contributed by atoms with Gasteiger partial charge in [-0.25, -0.2) is 4.99 Å². The minimum absolute atomic E-state index is 0.0229. The van der Waals surface area contributed by atoms with Crippen molar-refractivity contribution in [3.8, 4) is 11.8 Å². The maximum Gasteiger partial charge on any atom is 0.389 e. The number of fused-ring (bicyclic) bond motifs is 1. The molecule has 9 nitrogen and oxygen atoms in total. The number of hydrogen-bond acceptors (Lipinski definition) is 6. The second-order valence-electron chi connectivity index (χ2n) is 9.35. The van der Waals surface area contributed by atoms with Crippen molar-refractivity contribution in [2.24, 2.45) is 22.6 Å². The van der Waals surface area contributed by atoms with Crippen molar-refractivity contribution < 1.29 is 45.5 Å². The highest BCUT2D eigenvalue weighted by Crippen LogP contribution is 2.36. The first-order valence-corrected chi connectivity index (χ1v) is 12.4. The minimum Gasteiger partial charge on any atom is -0.493 e. The fraction of sp³-hybridized carbons (Fsp3) is 0.370. The number of methoxy groups -OCH3 is 1. The number of rotatable bonds is 10. The van der Waals surface area contributed by atoms with Gasteiger partial charge in [-0.05, 0) is 25.0 Å². The summed E-state index contributed by atoms with van der Waals surface area (Å²) in [7, 11) is 1.25. The summed E-state index contributed by atoms with van der Waals surface area (Å²) >= 11 is 0. The maximum absolute atomic E-state index is 13.3. The summed E-state index contributed by atoms with van der Waals surface area (Å²) in [5.41, 5.74) is 6.13. The number of primary amides is 1. The fourth-order valence-corrected chi connectivity index (χ4v) is 4.51. The van der Waals surface area contributed by atoms with Gasteiger partial charge in [-0.15, -0.1) is 0 Å². The normalized spacial score (nSPS) is 16.6. The van der Waals surface area contributed by atoms with Gasteiger partial charge in [-0.3, -0.25) is 14.4 Å². The first-order chi connectivity index (χ1) is 19.6. The van der Waals surface area contributed by atoms with E-state index in [2.05, 4.69) is 15.6 Å². The predicted molar refractivity (Wildman–Crippen MR) is 137 cm³/mol. The number of alkyl halides is 6. The molecule has 42 heavy (non-hydrogen) atoms. The number of aliphatic imine (C=N–C) groups is 1. The number of hydrogen-bond donors (Lipinski definition) is 3. The molecule has 2 aromatic rings. The third-order valence-electron chi connectivity index (χ3n) is 6.48. The van der Waals surface area contributed by atoms with E-state index in [4.69, 9.17) is 10.5 Å². The molecule has 0 saturated heterocycles. The molecule has 3 amide bonds. The summed E-state index contributed by atoms with van der Waals surface area (Å²) in [5, 5.41) is 14.2. The van der Waals surface area contributed by atoms with Crippen LogP contribution < -0.4 is 21.1 Å². The lowest BCUT2D eigenvalue weighted by atomic mass is 9.83. The Bertz CT molecular complexity index is 1400. The van der Waals surface area contributed by atoms with Crippen molar-refractivity contribution in [3.05, 3.63) is 59.2 Å². The number of benzene rings is 2. The molecule has 1 heterocycles. The van der Waals surface area contributed by atoms with Gasteiger partial charge < -0.3 is 21.1 Å². The summed E-state index contributed by atoms with van der Waals surface area (Å²) < 4.78 is 83.2. The standard InChI is InChI=1S/C27H25F6N5O4/c1-42-21-15(13-34)7-8-18-19(14-5-3-2-4-6-14)36-23(25(41)37-20(18)21)38-24(40)17(10-12-27(31,32)33)16(22(35)39)9-11-26(28,29)30/h2-8,16-17,23H,9-12H2,1H3,(H2,35,39)(H,37,41)(H,38,40)/t16-,17+,23+/m0/s1. The van der Waals surface area contributed by atoms with Crippen LogP contribution in [0.5, 0.6) is 5.75 Å². The quantitative estimate of drug-likeness (QED) is 0.352. The fourth-order valence-electron chi connectivity index (χ4n) is 4.51. The maximum atomic E-state index is 13.3. The number of nitrogens with zero attached hydrogens (tertiary/aromatic N) is 2. The second-order valence-corrected chi connectivity index (χ2v) is 9.35. The van der Waals surface area contributed by atoms with E-state index in [1.165, 1.54) is 19.2 Å². The van der Waals surface area contributed by atoms with Crippen molar-refractivity contribution in [3.63, 3.8) is 0 Å². The van der Waals surface area contributed by atoms with Crippen LogP contribution in [0.1, 0.15) is 42.4 Å². The Morgan fingerprint density at radius 2 is 1.64 bits per heavy atom. The largest absolute Gasteiger partial charge is 0.493 e. The van der Waals surface area contributed by atoms with Crippen LogP contribution in [-0.2, 0) is 14.4 Å². The van der Waals surface area contributed by atoms with E-state index >= 15 is 0 Å². The smallest absolute Gasteiger partial charge is 0.389 e. The highest BCUT2D eigenvalue weighted by Gasteiger charge is 2.40. The van der Waals surface area contributed by atoms with E-state index in [0.29, 0.717) is 5.56 Å². The minimum atomic E-state index is -4.81. The lowest BCUT2D eigenvalue weighted by Crippen LogP contribution is -2.48. The van der Waals surface area contributed by atoms with Gasteiger partial charge in [0.15, 0.2) is 5.75 Å². The van der Waals surface area contributed by atoms with E-state index in [9.17, 15) is 46.0 Å². The number of halogens is 6. The number of carbonyl (C=O) groups excluding carboxylic acids is 3. The summed E-state index contributed by atoms with van der Waals surface area (Å²) in [5.74, 6) is -7.62. The molecule has 1 aliphatic rings. The average Bonchev–Trinajstić information content (AvgIpc) is 3.04. The molecule has 3 rings (SSSR count). The molecule has 0 aliphatic carbocycles. The molecule has 0 unspecified atom stereocenters. The Morgan fingerprint density at radius 3 is 2.17 bits per heavy atom. The summed E-state index contributed by atoms with van der Waals surface area (Å²) in [6.07, 6.45) is -16.7. The molecule has 0 bridgehead atoms. The Hall–Kier alpha value is -4.61. The summed E-state index contributed by atoms with van der Waals surface area (Å²) in [6.45, 7) is 0. The zero-order valence-corrected chi connectivity index (χ0v) is 22.0. The highest BCUT2D eigenvalue weighted by molar-refractivity contribution is 6.20. The predicted octanol–water partition coefficient (Wildman–Crippen LogP) is 4.20. The van der Waals surface area contributed by atoms with E-state index in [-0.39, 0.29) is 28.3 Å². The van der Waals surface area contributed by atoms with Crippen LogP contribution in [0.3, 0.4) is 0 Å². The van der Waals surface area contributed by atoms with E-state index < -0.39 is 73.8 Å². The van der Waals surface area contributed by atoms with Crippen molar-refractivity contribution in [1.82, 2.24) is 5.32 Å². The average molecular weight is 598 g/mol. The SMILES string of the molecule is COc1c(C#N)ccc2c1NC(=O)[C@@H](NC(=O)[C@H](CCC(F)(F)F)[C@H](CCC(F)(F)F)C(N)=O)N=C2c1ccccc1. The number of ether oxygens (including phenoxy) is 1. The van der Waals surface area contributed by atoms with Gasteiger partial charge in [-0.1, -0.05) is 30.3 Å². The molecule has 1 aliphatic heterocycles. The molecule has 15 heteroatoms. The van der Waals surface area contributed by atoms with Crippen LogP contribution in [0, 0.1) is 23.2 Å². The van der Waals surface area contributed by atoms with Crippen LogP contribution in [0.2, 0.25) is 0 Å². The lowest BCUT2D eigenvalue weighted by Gasteiger charge is -2.26. The van der Waals surface area contributed by atoms with Crippen LogP contribution in [-0.4, -0.2) is 49.1 Å². The number of nitrogens with two attached hydrogens (primary N) is 1. The number of nitrogens with one attached hydrogen (secondary N) is 2. The molecule has 0 fully saturated rings. The van der Waals surface area contributed by atoms with Gasteiger partial charge >= 0.3 is 12.4 Å². The van der Waals surface area contributed by atoms with Gasteiger partial charge in [-0.2, -0.15) is 31.6 Å². The number of anilines is 1. The van der Waals surface area contributed by atoms with Crippen LogP contribution in [0.25, 0.3) is 0 Å². The van der Waals surface area contributed by atoms with Crippen LogP contribution in [0.4, 0.5) is 32.0 Å². The molecule has 0 spiro atoms. The number of carbonyl (C=O) groups is 3. The molecule has 0 aromatic heterocycles. The molecule has 0 saturated carbocycles. The second kappa shape index (κ2) is 12.9. The van der Waals surface area contributed by atoms with Crippen molar-refractivity contribution >= 4 is 29.1 Å². The third-order valence-corrected chi connectivity index (χ3v) is 6.48. The molecule has 0 radical (unpaired) electrons.